The molecule has 0 aromatic heterocycles. The van der Waals surface area contributed by atoms with E-state index < -0.39 is 0 Å². The molecule has 1 aromatic carbocycles. The summed E-state index contributed by atoms with van der Waals surface area (Å²) < 4.78 is 0. The molecule has 2 aliphatic carbocycles. The first-order valence-electron chi connectivity index (χ1n) is 9.11. The monoisotopic (exact) mass is 308 g/mol. The summed E-state index contributed by atoms with van der Waals surface area (Å²) in [5.74, 6) is 0.910. The average Bonchev–Trinajstić information content (AvgIpc) is 3.23. The van der Waals surface area contributed by atoms with Crippen LogP contribution >= 0.6 is 0 Å². The van der Waals surface area contributed by atoms with Crippen molar-refractivity contribution >= 4 is 5.69 Å². The molecule has 23 heavy (non-hydrogen) atoms. The number of rotatable bonds is 1. The summed E-state index contributed by atoms with van der Waals surface area (Å²) in [5, 5.41) is 14.3. The first-order chi connectivity index (χ1) is 11.2. The minimum atomic E-state index is 0.0273. The number of nitrogens with one attached hydrogen (secondary N) is 1. The van der Waals surface area contributed by atoms with Crippen LogP contribution < -0.4 is 5.32 Å². The molecule has 5 aliphatic rings. The largest absolute Gasteiger partial charge is 0.396 e. The Morgan fingerprint density at radius 1 is 1.35 bits per heavy atom. The van der Waals surface area contributed by atoms with E-state index in [2.05, 4.69) is 53.6 Å². The Kier molecular flexibility index (Phi) is 2.08. The Morgan fingerprint density at radius 2 is 2.22 bits per heavy atom. The van der Waals surface area contributed by atoms with E-state index in [1.54, 1.807) is 0 Å². The van der Waals surface area contributed by atoms with Crippen LogP contribution in [-0.2, 0) is 5.41 Å². The SMILES string of the molecule is CC1C23C=CCN4CCC5(c6ccccc6NC15C(CO)C2)C43. The summed E-state index contributed by atoms with van der Waals surface area (Å²) in [7, 11) is 0. The van der Waals surface area contributed by atoms with Crippen LogP contribution in [0.2, 0.25) is 0 Å². The Balaban J connectivity index is 1.72. The summed E-state index contributed by atoms with van der Waals surface area (Å²) in [4.78, 5) is 2.73. The van der Waals surface area contributed by atoms with Gasteiger partial charge in [0.05, 0.1) is 5.54 Å². The predicted molar refractivity (Wildman–Crippen MR) is 90.4 cm³/mol. The lowest BCUT2D eigenvalue weighted by Crippen LogP contribution is -2.62. The van der Waals surface area contributed by atoms with Crippen LogP contribution in [-0.4, -0.2) is 41.3 Å². The van der Waals surface area contributed by atoms with Gasteiger partial charge < -0.3 is 10.4 Å². The molecule has 120 valence electrons. The van der Waals surface area contributed by atoms with E-state index in [4.69, 9.17) is 0 Å². The van der Waals surface area contributed by atoms with Gasteiger partial charge in [0, 0.05) is 41.6 Å². The van der Waals surface area contributed by atoms with E-state index in [-0.39, 0.29) is 16.4 Å². The lowest BCUT2D eigenvalue weighted by atomic mass is 9.57. The van der Waals surface area contributed by atoms with Gasteiger partial charge in [0.15, 0.2) is 0 Å². The highest BCUT2D eigenvalue weighted by Gasteiger charge is 2.84. The van der Waals surface area contributed by atoms with Crippen molar-refractivity contribution in [1.29, 1.82) is 0 Å². The fraction of sp³-hybridized carbons (Fsp3) is 0.600. The Labute approximate surface area is 137 Å². The quantitative estimate of drug-likeness (QED) is 0.782. The average molecular weight is 308 g/mol. The second kappa shape index (κ2) is 3.68. The Bertz CT molecular complexity index is 745. The number of nitrogens with zero attached hydrogens (tertiary/aromatic N) is 1. The standard InChI is InChI=1S/C20H24N2O/c1-13-18-7-4-9-22-10-8-19(17(18)22)15-5-2-3-6-16(15)21-20(13,19)14(11-18)12-23/h2-7,13-14,17,21,23H,8-12H2,1H3. The van der Waals surface area contributed by atoms with Crippen LogP contribution in [0.5, 0.6) is 0 Å². The molecular formula is C20H24N2O. The van der Waals surface area contributed by atoms with Gasteiger partial charge in [0.25, 0.3) is 0 Å². The van der Waals surface area contributed by atoms with Crippen LogP contribution in [0.15, 0.2) is 36.4 Å². The van der Waals surface area contributed by atoms with Gasteiger partial charge in [-0.3, -0.25) is 4.90 Å². The van der Waals surface area contributed by atoms with Gasteiger partial charge in [-0.05, 0) is 36.9 Å². The lowest BCUT2D eigenvalue weighted by Gasteiger charge is -2.51. The third-order valence-electron chi connectivity index (χ3n) is 8.34. The van der Waals surface area contributed by atoms with Crippen molar-refractivity contribution in [2.45, 2.75) is 36.8 Å². The number of anilines is 1. The number of para-hydroxylation sites is 1. The van der Waals surface area contributed by atoms with E-state index in [1.165, 1.54) is 24.2 Å². The highest BCUT2D eigenvalue weighted by Crippen LogP contribution is 2.78. The van der Waals surface area contributed by atoms with E-state index in [0.29, 0.717) is 24.5 Å². The van der Waals surface area contributed by atoms with Gasteiger partial charge in [0.2, 0.25) is 0 Å². The lowest BCUT2D eigenvalue weighted by molar-refractivity contribution is 0.0536. The molecular weight excluding hydrogens is 284 g/mol. The van der Waals surface area contributed by atoms with Crippen molar-refractivity contribution in [3.63, 3.8) is 0 Å². The normalized spacial score (nSPS) is 51.5. The molecule has 0 amide bonds. The topological polar surface area (TPSA) is 35.5 Å². The molecule has 2 saturated carbocycles. The molecule has 3 nitrogen and oxygen atoms in total. The van der Waals surface area contributed by atoms with E-state index in [9.17, 15) is 5.11 Å². The molecule has 3 heterocycles. The summed E-state index contributed by atoms with van der Waals surface area (Å²) in [5.41, 5.74) is 3.29. The molecule has 3 spiro atoms. The minimum Gasteiger partial charge on any atom is -0.396 e. The second-order valence-corrected chi connectivity index (χ2v) is 8.48. The van der Waals surface area contributed by atoms with Crippen molar-refractivity contribution in [3.8, 4) is 0 Å². The van der Waals surface area contributed by atoms with Crippen molar-refractivity contribution in [3.05, 3.63) is 42.0 Å². The predicted octanol–water partition coefficient (Wildman–Crippen LogP) is 2.38. The fourth-order valence-electron chi connectivity index (χ4n) is 7.92. The molecule has 6 unspecified atom stereocenters. The molecule has 1 aromatic rings. The molecule has 6 rings (SSSR count). The van der Waals surface area contributed by atoms with Crippen LogP contribution in [0.1, 0.15) is 25.3 Å². The highest BCUT2D eigenvalue weighted by molar-refractivity contribution is 5.71. The van der Waals surface area contributed by atoms with Crippen LogP contribution in [0, 0.1) is 17.3 Å². The second-order valence-electron chi connectivity index (χ2n) is 8.48. The molecule has 3 fully saturated rings. The van der Waals surface area contributed by atoms with Gasteiger partial charge in [-0.15, -0.1) is 0 Å². The first kappa shape index (κ1) is 13.0. The first-order valence-corrected chi connectivity index (χ1v) is 9.11. The zero-order chi connectivity index (χ0) is 15.4. The van der Waals surface area contributed by atoms with Crippen molar-refractivity contribution in [2.75, 3.05) is 25.0 Å². The summed E-state index contributed by atoms with van der Waals surface area (Å²) in [6.45, 7) is 5.04. The third kappa shape index (κ3) is 1.03. The molecule has 0 radical (unpaired) electrons. The maximum Gasteiger partial charge on any atom is 0.0571 e. The van der Waals surface area contributed by atoms with Crippen LogP contribution in [0.3, 0.4) is 0 Å². The van der Waals surface area contributed by atoms with Crippen molar-refractivity contribution in [1.82, 2.24) is 4.90 Å². The molecule has 2 N–H and O–H groups in total. The summed E-state index contributed by atoms with van der Waals surface area (Å²) >= 11 is 0. The maximum atomic E-state index is 10.3. The van der Waals surface area contributed by atoms with E-state index in [1.807, 2.05) is 0 Å². The van der Waals surface area contributed by atoms with Gasteiger partial charge in [-0.1, -0.05) is 37.3 Å². The minimum absolute atomic E-state index is 0.0273. The molecule has 6 atom stereocenters. The third-order valence-corrected chi connectivity index (χ3v) is 8.34. The van der Waals surface area contributed by atoms with Crippen molar-refractivity contribution in [2.24, 2.45) is 17.3 Å². The number of hydrogen-bond donors (Lipinski definition) is 2. The van der Waals surface area contributed by atoms with Crippen molar-refractivity contribution < 1.29 is 5.11 Å². The van der Waals surface area contributed by atoms with Crippen LogP contribution in [0.4, 0.5) is 5.69 Å². The highest BCUT2D eigenvalue weighted by atomic mass is 16.3. The summed E-state index contributed by atoms with van der Waals surface area (Å²) in [6.07, 6.45) is 7.29. The van der Waals surface area contributed by atoms with Gasteiger partial charge in [-0.2, -0.15) is 0 Å². The molecule has 1 saturated heterocycles. The zero-order valence-electron chi connectivity index (χ0n) is 13.6. The van der Waals surface area contributed by atoms with Gasteiger partial charge >= 0.3 is 0 Å². The molecule has 3 aliphatic heterocycles. The number of hydrogen-bond acceptors (Lipinski definition) is 3. The smallest absolute Gasteiger partial charge is 0.0571 e. The number of benzene rings is 1. The van der Waals surface area contributed by atoms with Crippen LogP contribution in [0.25, 0.3) is 0 Å². The fourth-order valence-corrected chi connectivity index (χ4v) is 7.92. The zero-order valence-corrected chi connectivity index (χ0v) is 13.6. The maximum absolute atomic E-state index is 10.3. The Hall–Kier alpha value is -1.32. The molecule has 3 heteroatoms. The molecule has 2 bridgehead atoms. The van der Waals surface area contributed by atoms with Gasteiger partial charge in [-0.25, -0.2) is 0 Å². The summed E-state index contributed by atoms with van der Waals surface area (Å²) in [6, 6.07) is 9.56. The van der Waals surface area contributed by atoms with Gasteiger partial charge in [0.1, 0.15) is 0 Å². The number of fused-ring (bicyclic) bond motifs is 1. The Morgan fingerprint density at radius 3 is 3.09 bits per heavy atom. The number of aliphatic hydroxyl groups is 1. The van der Waals surface area contributed by atoms with E-state index in [0.717, 1.165) is 13.0 Å². The number of aliphatic hydroxyl groups excluding tert-OH is 1. The van der Waals surface area contributed by atoms with E-state index >= 15 is 0 Å².